The van der Waals surface area contributed by atoms with Crippen LogP contribution in [0, 0.1) is 0 Å². The van der Waals surface area contributed by atoms with Gasteiger partial charge >= 0.3 is 11.7 Å². The van der Waals surface area contributed by atoms with Crippen LogP contribution in [-0.4, -0.2) is 25.7 Å². The van der Waals surface area contributed by atoms with Gasteiger partial charge in [-0.25, -0.2) is 9.59 Å². The molecule has 1 aliphatic rings. The molecule has 0 spiro atoms. The Balaban J connectivity index is 2.25. The van der Waals surface area contributed by atoms with Gasteiger partial charge in [-0.1, -0.05) is 0 Å². The van der Waals surface area contributed by atoms with Crippen molar-refractivity contribution in [1.82, 2.24) is 9.55 Å². The van der Waals surface area contributed by atoms with Gasteiger partial charge in [0.2, 0.25) is 11.5 Å². The van der Waals surface area contributed by atoms with Crippen LogP contribution < -0.4 is 11.2 Å². The first-order valence-corrected chi connectivity index (χ1v) is 4.83. The highest BCUT2D eigenvalue weighted by molar-refractivity contribution is 5.91. The van der Waals surface area contributed by atoms with Crippen molar-refractivity contribution in [2.45, 2.75) is 6.54 Å². The number of aliphatic hydroxyl groups excluding tert-OH is 2. The molecule has 0 bridgehead atoms. The molecule has 1 aliphatic heterocycles. The minimum Gasteiger partial charge on any atom is -0.502 e. The smallest absolute Gasteiger partial charge is 0.383 e. The van der Waals surface area contributed by atoms with E-state index in [0.717, 1.165) is 10.6 Å². The molecule has 18 heavy (non-hydrogen) atoms. The second kappa shape index (κ2) is 4.24. The number of aliphatic hydroxyl groups is 2. The number of carbonyl (C=O) groups excluding carboxylic acids is 1. The summed E-state index contributed by atoms with van der Waals surface area (Å²) >= 11 is 0. The van der Waals surface area contributed by atoms with E-state index in [4.69, 9.17) is 5.11 Å². The topological polar surface area (TPSA) is 122 Å². The molecule has 1 aromatic heterocycles. The van der Waals surface area contributed by atoms with E-state index in [1.807, 2.05) is 4.98 Å². The quantitative estimate of drug-likeness (QED) is 0.598. The number of esters is 1. The van der Waals surface area contributed by atoms with Crippen molar-refractivity contribution in [3.05, 3.63) is 56.5 Å². The first-order valence-electron chi connectivity index (χ1n) is 4.83. The van der Waals surface area contributed by atoms with E-state index in [-0.39, 0.29) is 12.3 Å². The van der Waals surface area contributed by atoms with Crippen LogP contribution >= 0.6 is 0 Å². The van der Waals surface area contributed by atoms with Crippen molar-refractivity contribution < 1.29 is 19.7 Å². The van der Waals surface area contributed by atoms with E-state index in [0.29, 0.717) is 0 Å². The summed E-state index contributed by atoms with van der Waals surface area (Å²) in [5.41, 5.74) is -1.17. The highest BCUT2D eigenvalue weighted by Gasteiger charge is 2.29. The predicted molar refractivity (Wildman–Crippen MR) is 57.8 cm³/mol. The fourth-order valence-electron chi connectivity index (χ4n) is 1.32. The molecule has 0 saturated heterocycles. The van der Waals surface area contributed by atoms with Gasteiger partial charge in [0, 0.05) is 18.8 Å². The van der Waals surface area contributed by atoms with E-state index in [1.165, 1.54) is 12.3 Å². The van der Waals surface area contributed by atoms with Crippen LogP contribution in [0.25, 0.3) is 0 Å². The first-order chi connectivity index (χ1) is 8.49. The van der Waals surface area contributed by atoms with Gasteiger partial charge < -0.3 is 14.9 Å². The molecule has 1 aromatic rings. The fourth-order valence-corrected chi connectivity index (χ4v) is 1.32. The molecule has 2 rings (SSSR count). The standard InChI is InChI=1S/C10H8N2O6/c13-6-2-4-12(10(17)11-6)3-1-5-7(14)8(15)9(16)18-5/h1-2,4,14-15H,3H2,(H,11,13,17)/b5-1-. The Bertz CT molecular complexity index is 678. The Hall–Kier alpha value is -2.77. The van der Waals surface area contributed by atoms with E-state index in [1.54, 1.807) is 0 Å². The summed E-state index contributed by atoms with van der Waals surface area (Å²) < 4.78 is 5.65. The number of allylic oxidation sites excluding steroid dienone is 1. The van der Waals surface area contributed by atoms with Crippen molar-refractivity contribution in [2.24, 2.45) is 0 Å². The number of cyclic esters (lactones) is 1. The van der Waals surface area contributed by atoms with Crippen LogP contribution in [0.15, 0.2) is 45.2 Å². The van der Waals surface area contributed by atoms with Crippen LogP contribution in [0.3, 0.4) is 0 Å². The number of hydrogen-bond acceptors (Lipinski definition) is 6. The summed E-state index contributed by atoms with van der Waals surface area (Å²) in [6.07, 6.45) is 2.46. The van der Waals surface area contributed by atoms with E-state index < -0.39 is 28.7 Å². The molecular weight excluding hydrogens is 244 g/mol. The molecule has 0 saturated carbocycles. The van der Waals surface area contributed by atoms with E-state index in [9.17, 15) is 19.5 Å². The summed E-state index contributed by atoms with van der Waals surface area (Å²) in [4.78, 5) is 35.0. The van der Waals surface area contributed by atoms with Crippen molar-refractivity contribution in [3.8, 4) is 0 Å². The molecule has 0 fully saturated rings. The van der Waals surface area contributed by atoms with Crippen LogP contribution in [-0.2, 0) is 16.1 Å². The molecule has 0 aliphatic carbocycles. The van der Waals surface area contributed by atoms with Gasteiger partial charge in [0.15, 0.2) is 5.76 Å². The maximum absolute atomic E-state index is 11.3. The number of carbonyl (C=O) groups is 1. The summed E-state index contributed by atoms with van der Waals surface area (Å²) in [6, 6.07) is 1.15. The van der Waals surface area contributed by atoms with Crippen molar-refractivity contribution in [2.75, 3.05) is 0 Å². The molecule has 3 N–H and O–H groups in total. The first kappa shape index (κ1) is 11.7. The molecule has 8 heteroatoms. The Morgan fingerprint density at radius 1 is 1.28 bits per heavy atom. The Kier molecular flexibility index (Phi) is 2.76. The maximum Gasteiger partial charge on any atom is 0.383 e. The lowest BCUT2D eigenvalue weighted by Gasteiger charge is -2.01. The van der Waals surface area contributed by atoms with Gasteiger partial charge in [-0.15, -0.1) is 0 Å². The number of hydrogen-bond donors (Lipinski definition) is 3. The predicted octanol–water partition coefficient (Wildman–Crippen LogP) is -0.695. The lowest BCUT2D eigenvalue weighted by Crippen LogP contribution is -2.28. The van der Waals surface area contributed by atoms with Crippen LogP contribution in [0.4, 0.5) is 0 Å². The molecule has 0 unspecified atom stereocenters. The minimum atomic E-state index is -1.06. The monoisotopic (exact) mass is 252 g/mol. The second-order valence-electron chi connectivity index (χ2n) is 3.42. The Morgan fingerprint density at radius 2 is 2.00 bits per heavy atom. The van der Waals surface area contributed by atoms with E-state index in [2.05, 4.69) is 4.74 Å². The highest BCUT2D eigenvalue weighted by atomic mass is 16.6. The molecule has 0 amide bonds. The number of nitrogens with zero attached hydrogens (tertiary/aromatic N) is 1. The third kappa shape index (κ3) is 2.03. The molecule has 0 radical (unpaired) electrons. The van der Waals surface area contributed by atoms with Crippen molar-refractivity contribution in [3.63, 3.8) is 0 Å². The number of aromatic nitrogens is 2. The normalized spacial score (nSPS) is 17.3. The third-order valence-electron chi connectivity index (χ3n) is 2.22. The van der Waals surface area contributed by atoms with Crippen LogP contribution in [0.5, 0.6) is 0 Å². The highest BCUT2D eigenvalue weighted by Crippen LogP contribution is 2.21. The Labute approximate surface area is 99.1 Å². The maximum atomic E-state index is 11.3. The van der Waals surface area contributed by atoms with Gasteiger partial charge in [-0.2, -0.15) is 0 Å². The molecule has 2 heterocycles. The summed E-state index contributed by atoms with van der Waals surface area (Å²) in [5, 5.41) is 18.3. The third-order valence-corrected chi connectivity index (χ3v) is 2.22. The number of rotatable bonds is 2. The molecule has 0 atom stereocenters. The average molecular weight is 252 g/mol. The van der Waals surface area contributed by atoms with Crippen molar-refractivity contribution in [1.29, 1.82) is 0 Å². The summed E-state index contributed by atoms with van der Waals surface area (Å²) in [5.74, 6) is -2.87. The van der Waals surface area contributed by atoms with Gasteiger partial charge in [-0.05, 0) is 6.08 Å². The number of nitrogens with one attached hydrogen (secondary N) is 1. The largest absolute Gasteiger partial charge is 0.502 e. The lowest BCUT2D eigenvalue weighted by atomic mass is 10.3. The zero-order valence-electron chi connectivity index (χ0n) is 8.91. The zero-order valence-corrected chi connectivity index (χ0v) is 8.91. The summed E-state index contributed by atoms with van der Waals surface area (Å²) in [6.45, 7) is -0.0461. The van der Waals surface area contributed by atoms with Gasteiger partial charge in [-0.3, -0.25) is 14.3 Å². The van der Waals surface area contributed by atoms with Crippen LogP contribution in [0.2, 0.25) is 0 Å². The van der Waals surface area contributed by atoms with Gasteiger partial charge in [0.05, 0.1) is 0 Å². The van der Waals surface area contributed by atoms with Crippen LogP contribution in [0.1, 0.15) is 0 Å². The van der Waals surface area contributed by atoms with Crippen molar-refractivity contribution >= 4 is 5.97 Å². The van der Waals surface area contributed by atoms with Gasteiger partial charge in [0.1, 0.15) is 0 Å². The molecule has 0 aromatic carbocycles. The molecular formula is C10H8N2O6. The second-order valence-corrected chi connectivity index (χ2v) is 3.42. The van der Waals surface area contributed by atoms with Gasteiger partial charge in [0.25, 0.3) is 5.56 Å². The average Bonchev–Trinajstić information content (AvgIpc) is 2.56. The summed E-state index contributed by atoms with van der Waals surface area (Å²) in [7, 11) is 0. The minimum absolute atomic E-state index is 0.0461. The number of ether oxygens (including phenoxy) is 1. The van der Waals surface area contributed by atoms with E-state index >= 15 is 0 Å². The lowest BCUT2D eigenvalue weighted by molar-refractivity contribution is -0.135. The zero-order chi connectivity index (χ0) is 13.3. The molecule has 94 valence electrons. The Morgan fingerprint density at radius 3 is 2.56 bits per heavy atom. The fraction of sp³-hybridized carbons (Fsp3) is 0.100. The SMILES string of the molecule is O=C1O/C(=C\Cn2ccc(=O)[nH]c2=O)C(O)=C1O. The number of H-pyrrole nitrogens is 1. The molecule has 8 nitrogen and oxygen atoms in total. The number of aromatic amines is 1.